The lowest BCUT2D eigenvalue weighted by Gasteiger charge is -2.10. The van der Waals surface area contributed by atoms with Crippen molar-refractivity contribution in [2.24, 2.45) is 15.7 Å². The highest BCUT2D eigenvalue weighted by atomic mass is 19.1. The van der Waals surface area contributed by atoms with E-state index in [-0.39, 0.29) is 5.82 Å². The van der Waals surface area contributed by atoms with Crippen LogP contribution in [0, 0.1) is 12.7 Å². The summed E-state index contributed by atoms with van der Waals surface area (Å²) in [5, 5.41) is 2.18. The largest absolute Gasteiger partial charge is 0.383 e. The van der Waals surface area contributed by atoms with Crippen LogP contribution in [0.4, 0.5) is 4.39 Å². The first-order valence-corrected chi connectivity index (χ1v) is 11.8. The molecule has 0 fully saturated rings. The summed E-state index contributed by atoms with van der Waals surface area (Å²) in [5.74, 6) is 0.272. The molecule has 176 valence electrons. The maximum atomic E-state index is 14.5. The number of halogens is 1. The third-order valence-electron chi connectivity index (χ3n) is 6.28. The van der Waals surface area contributed by atoms with Crippen molar-refractivity contribution in [1.82, 2.24) is 0 Å². The van der Waals surface area contributed by atoms with E-state index in [1.165, 1.54) is 11.6 Å². The molecular formula is C32H26FN3. The Balaban J connectivity index is 1.57. The molecule has 0 saturated heterocycles. The average molecular weight is 472 g/mol. The van der Waals surface area contributed by atoms with Crippen molar-refractivity contribution in [2.45, 2.75) is 13.3 Å². The number of fused-ring (bicyclic) bond motifs is 2. The predicted octanol–water partition coefficient (Wildman–Crippen LogP) is 7.24. The van der Waals surface area contributed by atoms with E-state index in [4.69, 9.17) is 10.7 Å². The first-order chi connectivity index (χ1) is 17.5. The average Bonchev–Trinajstić information content (AvgIpc) is 3.14. The molecule has 1 aliphatic carbocycles. The molecule has 0 saturated carbocycles. The van der Waals surface area contributed by atoms with Crippen molar-refractivity contribution in [3.8, 4) is 0 Å². The topological polar surface area (TPSA) is 50.7 Å². The fraction of sp³-hybridized carbons (Fsp3) is 0.0625. The van der Waals surface area contributed by atoms with Gasteiger partial charge in [0.25, 0.3) is 0 Å². The molecule has 0 amide bonds. The van der Waals surface area contributed by atoms with Gasteiger partial charge in [0.05, 0.1) is 5.70 Å². The molecule has 4 heteroatoms. The lowest BCUT2D eigenvalue weighted by atomic mass is 10.0. The zero-order valence-electron chi connectivity index (χ0n) is 20.1. The highest BCUT2D eigenvalue weighted by Crippen LogP contribution is 2.24. The Morgan fingerprint density at radius 3 is 2.44 bits per heavy atom. The summed E-state index contributed by atoms with van der Waals surface area (Å²) in [5.41, 5.74) is 12.0. The summed E-state index contributed by atoms with van der Waals surface area (Å²) < 4.78 is 14.5. The molecule has 4 aromatic carbocycles. The summed E-state index contributed by atoms with van der Waals surface area (Å²) in [6.07, 6.45) is 9.14. The number of nitrogens with two attached hydrogens (primary N) is 1. The van der Waals surface area contributed by atoms with Crippen LogP contribution in [0.3, 0.4) is 0 Å². The third kappa shape index (κ3) is 4.93. The Labute approximate surface area is 210 Å². The van der Waals surface area contributed by atoms with Gasteiger partial charge in [0.15, 0.2) is 5.84 Å². The molecule has 4 aromatic rings. The number of nitrogens with zero attached hydrogens (tertiary/aromatic N) is 2. The lowest BCUT2D eigenvalue weighted by Crippen LogP contribution is -2.16. The van der Waals surface area contributed by atoms with E-state index in [0.29, 0.717) is 28.5 Å². The Morgan fingerprint density at radius 1 is 0.833 bits per heavy atom. The molecule has 0 heterocycles. The number of allylic oxidation sites excluding steroid dienone is 3. The van der Waals surface area contributed by atoms with Gasteiger partial charge in [-0.15, -0.1) is 0 Å². The highest BCUT2D eigenvalue weighted by Gasteiger charge is 2.11. The molecule has 0 aliphatic heterocycles. The van der Waals surface area contributed by atoms with Crippen LogP contribution in [-0.4, -0.2) is 11.7 Å². The molecule has 0 bridgehead atoms. The van der Waals surface area contributed by atoms with Gasteiger partial charge in [-0.1, -0.05) is 91.5 Å². The van der Waals surface area contributed by atoms with E-state index in [0.717, 1.165) is 33.9 Å². The van der Waals surface area contributed by atoms with Crippen LogP contribution in [-0.2, 0) is 6.42 Å². The molecule has 0 unspecified atom stereocenters. The molecule has 0 atom stereocenters. The van der Waals surface area contributed by atoms with Crippen LogP contribution in [0.2, 0.25) is 0 Å². The SMILES string of the molecule is C=C(/N=C(\N=C(/N)c1ccc2ccccc2c1)c1ccc(C)c(F)c1)c1ccc2c(c1)C=CC=CC2. The molecule has 1 aliphatic rings. The van der Waals surface area contributed by atoms with Gasteiger partial charge >= 0.3 is 0 Å². The van der Waals surface area contributed by atoms with Crippen LogP contribution in [0.1, 0.15) is 33.4 Å². The van der Waals surface area contributed by atoms with Gasteiger partial charge in [0.2, 0.25) is 0 Å². The molecule has 0 aromatic heterocycles. The smallest absolute Gasteiger partial charge is 0.162 e. The van der Waals surface area contributed by atoms with Gasteiger partial charge in [-0.3, -0.25) is 0 Å². The maximum Gasteiger partial charge on any atom is 0.162 e. The number of hydrogen-bond donors (Lipinski definition) is 1. The normalized spacial score (nSPS) is 13.5. The summed E-state index contributed by atoms with van der Waals surface area (Å²) in [4.78, 5) is 9.39. The van der Waals surface area contributed by atoms with Crippen molar-refractivity contribution in [1.29, 1.82) is 0 Å². The van der Waals surface area contributed by atoms with Crippen LogP contribution in [0.15, 0.2) is 114 Å². The first kappa shape index (κ1) is 23.2. The molecule has 36 heavy (non-hydrogen) atoms. The highest BCUT2D eigenvalue weighted by molar-refractivity contribution is 6.13. The van der Waals surface area contributed by atoms with E-state index in [9.17, 15) is 4.39 Å². The van der Waals surface area contributed by atoms with Gasteiger partial charge < -0.3 is 5.73 Å². The second kappa shape index (κ2) is 9.96. The van der Waals surface area contributed by atoms with Gasteiger partial charge in [0.1, 0.15) is 11.7 Å². The van der Waals surface area contributed by atoms with E-state index in [1.807, 2.05) is 60.7 Å². The number of hydrogen-bond acceptors (Lipinski definition) is 1. The quantitative estimate of drug-likeness (QED) is 0.248. The Bertz CT molecular complexity index is 1610. The minimum Gasteiger partial charge on any atom is -0.383 e. The zero-order valence-corrected chi connectivity index (χ0v) is 20.1. The van der Waals surface area contributed by atoms with Crippen LogP contribution < -0.4 is 5.73 Å². The van der Waals surface area contributed by atoms with Crippen molar-refractivity contribution >= 4 is 34.2 Å². The van der Waals surface area contributed by atoms with E-state index in [1.54, 1.807) is 19.1 Å². The third-order valence-corrected chi connectivity index (χ3v) is 6.28. The molecule has 3 nitrogen and oxygen atoms in total. The van der Waals surface area contributed by atoms with Gasteiger partial charge in [-0.25, -0.2) is 14.4 Å². The van der Waals surface area contributed by atoms with Crippen LogP contribution in [0.5, 0.6) is 0 Å². The van der Waals surface area contributed by atoms with E-state index < -0.39 is 0 Å². The van der Waals surface area contributed by atoms with Crippen LogP contribution >= 0.6 is 0 Å². The number of amidine groups is 2. The first-order valence-electron chi connectivity index (χ1n) is 11.8. The number of aliphatic imine (C=N–C) groups is 2. The Morgan fingerprint density at radius 2 is 1.61 bits per heavy atom. The number of benzene rings is 4. The molecule has 0 radical (unpaired) electrons. The summed E-state index contributed by atoms with van der Waals surface area (Å²) in [6.45, 7) is 5.91. The lowest BCUT2D eigenvalue weighted by molar-refractivity contribution is 0.618. The fourth-order valence-electron chi connectivity index (χ4n) is 4.15. The van der Waals surface area contributed by atoms with Gasteiger partial charge in [-0.2, -0.15) is 0 Å². The molecule has 5 rings (SSSR count). The predicted molar refractivity (Wildman–Crippen MR) is 150 cm³/mol. The van der Waals surface area contributed by atoms with Crippen molar-refractivity contribution < 1.29 is 4.39 Å². The standard InChI is InChI=1S/C32H26FN3/c1-21-12-13-29(20-30(21)33)32(36-31(34)28-17-15-24-9-6-7-11-27(24)19-28)35-22(2)25-16-14-23-8-4-3-5-10-26(23)18-25/h3-7,9-20H,2,8H2,1H3,(H2,34,35,36). The van der Waals surface area contributed by atoms with E-state index in [2.05, 4.69) is 35.9 Å². The molecule has 2 N–H and O–H groups in total. The fourth-order valence-corrected chi connectivity index (χ4v) is 4.15. The monoisotopic (exact) mass is 471 g/mol. The number of rotatable bonds is 4. The molecular weight excluding hydrogens is 445 g/mol. The number of aryl methyl sites for hydroxylation is 1. The Kier molecular flexibility index (Phi) is 6.42. The summed E-state index contributed by atoms with van der Waals surface area (Å²) >= 11 is 0. The van der Waals surface area contributed by atoms with Crippen LogP contribution in [0.25, 0.3) is 22.5 Å². The minimum atomic E-state index is -0.326. The van der Waals surface area contributed by atoms with Gasteiger partial charge in [0, 0.05) is 16.7 Å². The van der Waals surface area contributed by atoms with Crippen molar-refractivity contribution in [3.05, 3.63) is 143 Å². The Hall–Kier alpha value is -4.57. The molecule has 0 spiro atoms. The van der Waals surface area contributed by atoms with Crippen molar-refractivity contribution in [2.75, 3.05) is 0 Å². The van der Waals surface area contributed by atoms with E-state index >= 15 is 0 Å². The zero-order chi connectivity index (χ0) is 25.1. The van der Waals surface area contributed by atoms with Crippen molar-refractivity contribution in [3.63, 3.8) is 0 Å². The van der Waals surface area contributed by atoms with Gasteiger partial charge in [-0.05, 0) is 59.0 Å². The second-order valence-corrected chi connectivity index (χ2v) is 8.81. The second-order valence-electron chi connectivity index (χ2n) is 8.81. The summed E-state index contributed by atoms with van der Waals surface area (Å²) in [6, 6.07) is 25.1. The maximum absolute atomic E-state index is 14.5. The minimum absolute atomic E-state index is 0.296. The summed E-state index contributed by atoms with van der Waals surface area (Å²) in [7, 11) is 0.